The molecule has 2 atom stereocenters. The number of hydrogen-bond donors (Lipinski definition) is 1. The molecule has 2 rings (SSSR count). The summed E-state index contributed by atoms with van der Waals surface area (Å²) in [5.74, 6) is -0.304. The number of halogens is 3. The molecule has 0 bridgehead atoms. The zero-order chi connectivity index (χ0) is 14.3. The zero-order valence-corrected chi connectivity index (χ0v) is 11.1. The van der Waals surface area contributed by atoms with E-state index in [1.54, 1.807) is 6.92 Å². The Balaban J connectivity index is 2.39. The molecule has 106 valence electrons. The molecule has 3 nitrogen and oxygen atoms in total. The average molecular weight is 293 g/mol. The van der Waals surface area contributed by atoms with E-state index in [1.165, 1.54) is 18.2 Å². The molecule has 19 heavy (non-hydrogen) atoms. The molecule has 1 aromatic carbocycles. The topological polar surface area (TPSA) is 46.2 Å². The summed E-state index contributed by atoms with van der Waals surface area (Å²) in [4.78, 5) is 0. The minimum Gasteiger partial charge on any atom is -0.308 e. The van der Waals surface area contributed by atoms with Crippen LogP contribution in [0.3, 0.4) is 0 Å². The van der Waals surface area contributed by atoms with Crippen LogP contribution in [0.1, 0.15) is 24.1 Å². The van der Waals surface area contributed by atoms with Crippen LogP contribution in [0.15, 0.2) is 24.3 Å². The van der Waals surface area contributed by atoms with Crippen molar-refractivity contribution in [1.29, 1.82) is 0 Å². The molecule has 1 N–H and O–H groups in total. The number of rotatable bonds is 1. The summed E-state index contributed by atoms with van der Waals surface area (Å²) < 4.78 is 62.3. The Kier molecular flexibility index (Phi) is 3.61. The fraction of sp³-hybridized carbons (Fsp3) is 0.500. The third-order valence-electron chi connectivity index (χ3n) is 3.31. The van der Waals surface area contributed by atoms with E-state index in [0.29, 0.717) is 0 Å². The van der Waals surface area contributed by atoms with E-state index in [2.05, 4.69) is 5.32 Å². The van der Waals surface area contributed by atoms with E-state index in [-0.39, 0.29) is 17.9 Å². The molecule has 0 amide bonds. The number of alkyl halides is 3. The molecule has 0 radical (unpaired) electrons. The summed E-state index contributed by atoms with van der Waals surface area (Å²) in [5, 5.41) is 2.31. The maximum atomic E-state index is 12.9. The van der Waals surface area contributed by atoms with Crippen LogP contribution in [0, 0.1) is 0 Å². The molecule has 0 saturated carbocycles. The van der Waals surface area contributed by atoms with Crippen LogP contribution in [0.25, 0.3) is 0 Å². The van der Waals surface area contributed by atoms with Gasteiger partial charge in [0.25, 0.3) is 0 Å². The predicted molar refractivity (Wildman–Crippen MR) is 65.4 cm³/mol. The van der Waals surface area contributed by atoms with Crippen LogP contribution in [0.5, 0.6) is 0 Å². The smallest absolute Gasteiger partial charge is 0.308 e. The Hall–Kier alpha value is -1.08. The van der Waals surface area contributed by atoms with Gasteiger partial charge < -0.3 is 5.32 Å². The quantitative estimate of drug-likeness (QED) is 0.863. The normalized spacial score (nSPS) is 27.2. The molecule has 2 unspecified atom stereocenters. The Bertz CT molecular complexity index is 569. The van der Waals surface area contributed by atoms with Crippen molar-refractivity contribution in [3.8, 4) is 0 Å². The number of nitrogens with one attached hydrogen (secondary N) is 1. The molecule has 1 saturated heterocycles. The Morgan fingerprint density at radius 1 is 1.26 bits per heavy atom. The Morgan fingerprint density at radius 2 is 1.89 bits per heavy atom. The third kappa shape index (κ3) is 2.92. The summed E-state index contributed by atoms with van der Waals surface area (Å²) in [6, 6.07) is 4.27. The molecular formula is C12H14F3NO2S. The summed E-state index contributed by atoms with van der Waals surface area (Å²) in [6.07, 6.45) is -4.48. The molecule has 1 aliphatic rings. The van der Waals surface area contributed by atoms with Gasteiger partial charge in [-0.25, -0.2) is 8.42 Å². The van der Waals surface area contributed by atoms with Crippen molar-refractivity contribution in [2.75, 3.05) is 12.3 Å². The molecule has 0 aromatic heterocycles. The first kappa shape index (κ1) is 14.3. The van der Waals surface area contributed by atoms with Gasteiger partial charge in [-0.15, -0.1) is 0 Å². The van der Waals surface area contributed by atoms with Crippen molar-refractivity contribution in [1.82, 2.24) is 5.32 Å². The first-order valence-corrected chi connectivity index (χ1v) is 7.54. The molecular weight excluding hydrogens is 279 g/mol. The van der Waals surface area contributed by atoms with Crippen LogP contribution in [-0.4, -0.2) is 26.0 Å². The maximum absolute atomic E-state index is 12.9. The fourth-order valence-electron chi connectivity index (χ4n) is 2.15. The lowest BCUT2D eigenvalue weighted by Gasteiger charge is -2.29. The second-order valence-corrected chi connectivity index (χ2v) is 7.15. The van der Waals surface area contributed by atoms with Crippen molar-refractivity contribution >= 4 is 9.84 Å². The largest absolute Gasteiger partial charge is 0.416 e. The molecule has 1 heterocycles. The predicted octanol–water partition coefficient (Wildman–Crippen LogP) is 2.15. The van der Waals surface area contributed by atoms with E-state index < -0.39 is 32.9 Å². The van der Waals surface area contributed by atoms with Gasteiger partial charge in [-0.05, 0) is 18.6 Å². The zero-order valence-electron chi connectivity index (χ0n) is 10.2. The fourth-order valence-corrected chi connectivity index (χ4v) is 3.59. The highest BCUT2D eigenvalue weighted by Crippen LogP contribution is 2.35. The van der Waals surface area contributed by atoms with Crippen LogP contribution in [0.4, 0.5) is 13.2 Å². The van der Waals surface area contributed by atoms with Gasteiger partial charge in [-0.3, -0.25) is 0 Å². The van der Waals surface area contributed by atoms with Crippen LogP contribution in [0.2, 0.25) is 0 Å². The highest BCUT2D eigenvalue weighted by Gasteiger charge is 2.38. The van der Waals surface area contributed by atoms with Crippen molar-refractivity contribution in [3.05, 3.63) is 35.4 Å². The van der Waals surface area contributed by atoms with Crippen LogP contribution < -0.4 is 5.32 Å². The summed E-state index contributed by atoms with van der Waals surface area (Å²) >= 11 is 0. The Morgan fingerprint density at radius 3 is 2.47 bits per heavy atom. The van der Waals surface area contributed by atoms with Crippen molar-refractivity contribution < 1.29 is 21.6 Å². The first-order valence-electron chi connectivity index (χ1n) is 5.83. The van der Waals surface area contributed by atoms with E-state index in [1.807, 2.05) is 0 Å². The van der Waals surface area contributed by atoms with Gasteiger partial charge in [0.1, 0.15) is 0 Å². The van der Waals surface area contributed by atoms with E-state index in [9.17, 15) is 21.6 Å². The third-order valence-corrected chi connectivity index (χ3v) is 5.50. The standard InChI is InChI=1S/C12H14F3NO2S/c1-8-6-16-11(7-19(8,17)18)9-4-2-3-5-10(9)12(13,14)15/h2-5,8,11,16H,6-7H2,1H3. The lowest BCUT2D eigenvalue weighted by atomic mass is 10.0. The molecule has 7 heteroatoms. The second kappa shape index (κ2) is 4.79. The van der Waals surface area contributed by atoms with Gasteiger partial charge in [0.2, 0.25) is 0 Å². The van der Waals surface area contributed by atoms with Gasteiger partial charge in [0, 0.05) is 12.6 Å². The highest BCUT2D eigenvalue weighted by molar-refractivity contribution is 7.92. The first-order chi connectivity index (χ1) is 8.72. The minimum absolute atomic E-state index is 0.00882. The Labute approximate surface area is 109 Å². The molecule has 1 aliphatic heterocycles. The molecule has 1 fully saturated rings. The highest BCUT2D eigenvalue weighted by atomic mass is 32.2. The van der Waals surface area contributed by atoms with Crippen molar-refractivity contribution in [2.24, 2.45) is 0 Å². The maximum Gasteiger partial charge on any atom is 0.416 e. The van der Waals surface area contributed by atoms with Gasteiger partial charge in [0.15, 0.2) is 9.84 Å². The molecule has 0 spiro atoms. The average Bonchev–Trinajstić information content (AvgIpc) is 2.31. The van der Waals surface area contributed by atoms with Crippen molar-refractivity contribution in [2.45, 2.75) is 24.4 Å². The van der Waals surface area contributed by atoms with E-state index >= 15 is 0 Å². The van der Waals surface area contributed by atoms with E-state index in [0.717, 1.165) is 6.07 Å². The summed E-state index contributed by atoms with van der Waals surface area (Å²) in [5.41, 5.74) is -0.789. The van der Waals surface area contributed by atoms with Gasteiger partial charge in [0.05, 0.1) is 16.6 Å². The summed E-state index contributed by atoms with van der Waals surface area (Å²) in [6.45, 7) is 1.72. The number of benzene rings is 1. The summed E-state index contributed by atoms with van der Waals surface area (Å²) in [7, 11) is -3.35. The van der Waals surface area contributed by atoms with Gasteiger partial charge >= 0.3 is 6.18 Å². The minimum atomic E-state index is -4.48. The van der Waals surface area contributed by atoms with E-state index in [4.69, 9.17) is 0 Å². The molecule has 1 aromatic rings. The number of hydrogen-bond acceptors (Lipinski definition) is 3. The molecule has 0 aliphatic carbocycles. The van der Waals surface area contributed by atoms with Crippen LogP contribution >= 0.6 is 0 Å². The second-order valence-electron chi connectivity index (χ2n) is 4.69. The van der Waals surface area contributed by atoms with Crippen molar-refractivity contribution in [3.63, 3.8) is 0 Å². The lowest BCUT2D eigenvalue weighted by molar-refractivity contribution is -0.138. The monoisotopic (exact) mass is 293 g/mol. The van der Waals surface area contributed by atoms with Gasteiger partial charge in [-0.1, -0.05) is 18.2 Å². The van der Waals surface area contributed by atoms with Gasteiger partial charge in [-0.2, -0.15) is 13.2 Å². The van der Waals surface area contributed by atoms with Crippen LogP contribution in [-0.2, 0) is 16.0 Å². The SMILES string of the molecule is CC1CNC(c2ccccc2C(F)(F)F)CS1(=O)=O. The number of sulfone groups is 1. The lowest BCUT2D eigenvalue weighted by Crippen LogP contribution is -2.45.